The Labute approximate surface area is 132 Å². The number of Topliss-reactive ketones (excluding diaryl/α,β-unsaturated/α-hetero) is 1. The smallest absolute Gasteiger partial charge is 0.210 e. The van der Waals surface area contributed by atoms with Gasteiger partial charge in [0.15, 0.2) is 0 Å². The van der Waals surface area contributed by atoms with Crippen LogP contribution in [-0.4, -0.2) is 16.2 Å². The monoisotopic (exact) mass is 308 g/mol. The van der Waals surface area contributed by atoms with Crippen LogP contribution in [-0.2, 0) is 10.8 Å². The highest BCUT2D eigenvalue weighted by Gasteiger charge is 2.23. The predicted molar refractivity (Wildman–Crippen MR) is 94.3 cm³/mol. The topological polar surface area (TPSA) is 17.1 Å². The van der Waals surface area contributed by atoms with Crippen LogP contribution in [0.4, 0.5) is 0 Å². The minimum Gasteiger partial charge on any atom is -0.287 e. The van der Waals surface area contributed by atoms with Gasteiger partial charge in [-0.05, 0) is 40.3 Å². The molecule has 1 nitrogen and oxygen atoms in total. The van der Waals surface area contributed by atoms with Gasteiger partial charge in [0.2, 0.25) is 5.78 Å². The van der Waals surface area contributed by atoms with Gasteiger partial charge in [-0.15, -0.1) is 11.8 Å². The lowest BCUT2D eigenvalue weighted by atomic mass is 9.79. The van der Waals surface area contributed by atoms with Crippen LogP contribution < -0.4 is 0 Å². The Kier molecular flexibility index (Phi) is 5.20. The lowest BCUT2D eigenvalue weighted by molar-refractivity contribution is 0.107. The third-order valence-electron chi connectivity index (χ3n) is 3.30. The molecule has 0 atom stereocenters. The molecule has 110 valence electrons. The fourth-order valence-corrected chi connectivity index (χ4v) is 2.26. The normalized spacial score (nSPS) is 12.3. The van der Waals surface area contributed by atoms with E-state index in [0.29, 0.717) is 9.76 Å². The van der Waals surface area contributed by atoms with Gasteiger partial charge in [0.1, 0.15) is 4.20 Å². The van der Waals surface area contributed by atoms with Gasteiger partial charge in [-0.1, -0.05) is 59.8 Å². The van der Waals surface area contributed by atoms with Gasteiger partial charge in [0.05, 0.1) is 0 Å². The lowest BCUT2D eigenvalue weighted by Gasteiger charge is -2.26. The van der Waals surface area contributed by atoms with Crippen LogP contribution in [0, 0.1) is 0 Å². The second-order valence-corrected chi connectivity index (χ2v) is 8.60. The van der Waals surface area contributed by atoms with Crippen LogP contribution in [0.25, 0.3) is 0 Å². The molecule has 0 aliphatic heterocycles. The molecule has 0 N–H and O–H groups in total. The number of hydrogen-bond acceptors (Lipinski definition) is 3. The molecule has 0 heterocycles. The molecule has 0 aromatic heterocycles. The largest absolute Gasteiger partial charge is 0.287 e. The van der Waals surface area contributed by atoms with E-state index < -0.39 is 0 Å². The van der Waals surface area contributed by atoms with Crippen LogP contribution in [0.2, 0.25) is 0 Å². The predicted octanol–water partition coefficient (Wildman–Crippen LogP) is 5.15. The number of carbonyl (C=O) groups is 1. The summed E-state index contributed by atoms with van der Waals surface area (Å²) in [6.45, 7) is 13.0. The van der Waals surface area contributed by atoms with Gasteiger partial charge in [-0.2, -0.15) is 0 Å². The molecule has 0 bridgehead atoms. The first kappa shape index (κ1) is 17.4. The van der Waals surface area contributed by atoms with Crippen molar-refractivity contribution >= 4 is 34.0 Å². The Morgan fingerprint density at radius 1 is 0.950 bits per heavy atom. The highest BCUT2D eigenvalue weighted by atomic mass is 32.2. The second kappa shape index (κ2) is 5.98. The van der Waals surface area contributed by atoms with Crippen molar-refractivity contribution in [3.05, 3.63) is 34.9 Å². The molecular weight excluding hydrogens is 284 g/mol. The number of hydrogen-bond donors (Lipinski definition) is 0. The van der Waals surface area contributed by atoms with Gasteiger partial charge >= 0.3 is 0 Å². The Balaban J connectivity index is 3.46. The van der Waals surface area contributed by atoms with E-state index in [-0.39, 0.29) is 16.6 Å². The first-order chi connectivity index (χ1) is 8.96. The van der Waals surface area contributed by atoms with Crippen molar-refractivity contribution < 1.29 is 4.79 Å². The molecule has 0 aliphatic carbocycles. The molecule has 1 rings (SSSR count). The van der Waals surface area contributed by atoms with E-state index in [1.807, 2.05) is 18.4 Å². The molecule has 0 spiro atoms. The number of thiocarbonyl (C=S) groups is 1. The summed E-state index contributed by atoms with van der Waals surface area (Å²) in [5, 5.41) is 0. The van der Waals surface area contributed by atoms with Crippen molar-refractivity contribution in [1.82, 2.24) is 0 Å². The summed E-state index contributed by atoms with van der Waals surface area (Å²) in [5.74, 6) is -0.0379. The van der Waals surface area contributed by atoms with E-state index in [4.69, 9.17) is 12.2 Å². The maximum atomic E-state index is 12.4. The maximum absolute atomic E-state index is 12.4. The number of benzene rings is 1. The molecule has 20 heavy (non-hydrogen) atoms. The average Bonchev–Trinajstić information content (AvgIpc) is 2.34. The molecule has 0 unspecified atom stereocenters. The third kappa shape index (κ3) is 4.16. The number of ketones is 1. The van der Waals surface area contributed by atoms with Crippen molar-refractivity contribution in [2.75, 3.05) is 6.26 Å². The number of rotatable bonds is 2. The maximum Gasteiger partial charge on any atom is 0.210 e. The first-order valence-corrected chi connectivity index (χ1v) is 8.39. The zero-order valence-electron chi connectivity index (χ0n) is 13.5. The zero-order valence-corrected chi connectivity index (χ0v) is 15.1. The fraction of sp³-hybridized carbons (Fsp3) is 0.529. The van der Waals surface area contributed by atoms with E-state index >= 15 is 0 Å². The van der Waals surface area contributed by atoms with E-state index in [2.05, 4.69) is 47.6 Å². The van der Waals surface area contributed by atoms with Crippen molar-refractivity contribution in [2.24, 2.45) is 0 Å². The van der Waals surface area contributed by atoms with E-state index in [1.165, 1.54) is 22.9 Å². The number of carbonyl (C=O) groups excluding carboxylic acids is 1. The molecule has 1 aromatic carbocycles. The Bertz CT molecular complexity index is 499. The average molecular weight is 309 g/mol. The Morgan fingerprint density at radius 3 is 1.65 bits per heavy atom. The molecule has 1 aromatic rings. The van der Waals surface area contributed by atoms with Gasteiger partial charge in [-0.3, -0.25) is 4.79 Å². The summed E-state index contributed by atoms with van der Waals surface area (Å²) in [7, 11) is 0. The molecule has 0 aliphatic rings. The van der Waals surface area contributed by atoms with Gasteiger partial charge in [0.25, 0.3) is 0 Å². The van der Waals surface area contributed by atoms with Crippen LogP contribution >= 0.6 is 24.0 Å². The molecule has 0 saturated heterocycles. The molecule has 0 radical (unpaired) electrons. The molecule has 0 amide bonds. The third-order valence-corrected chi connectivity index (χ3v) is 4.54. The van der Waals surface area contributed by atoms with Gasteiger partial charge in [0, 0.05) is 5.56 Å². The summed E-state index contributed by atoms with van der Waals surface area (Å²) < 4.78 is 0.427. The molecule has 0 saturated carbocycles. The first-order valence-electron chi connectivity index (χ1n) is 6.75. The molecular formula is C17H24OS2. The lowest BCUT2D eigenvalue weighted by Crippen LogP contribution is -2.19. The minimum atomic E-state index is -0.0379. The fourth-order valence-electron chi connectivity index (χ4n) is 1.84. The Morgan fingerprint density at radius 2 is 1.35 bits per heavy atom. The Hall–Kier alpha value is -0.670. The zero-order chi connectivity index (χ0) is 15.7. The summed E-state index contributed by atoms with van der Waals surface area (Å²) >= 11 is 6.48. The standard InChI is InChI=1S/C17H24OS2/c1-16(2,3)12-8-11(14(18)15(19)20-7)9-13(10-12)17(4,5)6/h8-10H,1-7H3. The van der Waals surface area contributed by atoms with Gasteiger partial charge in [-0.25, -0.2) is 0 Å². The minimum absolute atomic E-state index is 0.0112. The van der Waals surface area contributed by atoms with Crippen LogP contribution in [0.1, 0.15) is 63.0 Å². The molecule has 3 heteroatoms. The van der Waals surface area contributed by atoms with Crippen LogP contribution in [0.3, 0.4) is 0 Å². The van der Waals surface area contributed by atoms with Crippen molar-refractivity contribution in [3.8, 4) is 0 Å². The molecule has 0 fully saturated rings. The quantitative estimate of drug-likeness (QED) is 0.555. The van der Waals surface area contributed by atoms with Crippen molar-refractivity contribution in [3.63, 3.8) is 0 Å². The van der Waals surface area contributed by atoms with Crippen LogP contribution in [0.5, 0.6) is 0 Å². The summed E-state index contributed by atoms with van der Waals surface area (Å²) in [6, 6.07) is 6.18. The van der Waals surface area contributed by atoms with Crippen molar-refractivity contribution in [1.29, 1.82) is 0 Å². The summed E-state index contributed by atoms with van der Waals surface area (Å²) in [6.07, 6.45) is 1.85. The SMILES string of the molecule is CSC(=S)C(=O)c1cc(C(C)(C)C)cc(C(C)(C)C)c1. The van der Waals surface area contributed by atoms with E-state index in [0.717, 1.165) is 0 Å². The summed E-state index contributed by atoms with van der Waals surface area (Å²) in [5.41, 5.74) is 3.09. The van der Waals surface area contributed by atoms with E-state index in [9.17, 15) is 4.79 Å². The number of thioether (sulfide) groups is 1. The van der Waals surface area contributed by atoms with Crippen molar-refractivity contribution in [2.45, 2.75) is 52.4 Å². The second-order valence-electron chi connectivity index (χ2n) is 7.12. The van der Waals surface area contributed by atoms with E-state index in [1.54, 1.807) is 0 Å². The van der Waals surface area contributed by atoms with Crippen LogP contribution in [0.15, 0.2) is 18.2 Å². The highest BCUT2D eigenvalue weighted by molar-refractivity contribution is 8.24. The summed E-state index contributed by atoms with van der Waals surface area (Å²) in [4.78, 5) is 12.4. The van der Waals surface area contributed by atoms with Gasteiger partial charge < -0.3 is 0 Å². The highest BCUT2D eigenvalue weighted by Crippen LogP contribution is 2.30.